The molecule has 0 N–H and O–H groups in total. The monoisotopic (exact) mass is 352 g/mol. The van der Waals surface area contributed by atoms with Crippen LogP contribution in [0.2, 0.25) is 5.02 Å². The number of nitrogens with zero attached hydrogens (tertiary/aromatic N) is 2. The molecule has 1 aromatic rings. The molecule has 0 bridgehead atoms. The Labute approximate surface area is 145 Å². The van der Waals surface area contributed by atoms with Crippen molar-refractivity contribution in [1.29, 1.82) is 0 Å². The summed E-state index contributed by atoms with van der Waals surface area (Å²) < 4.78 is 15.9. The average molecular weight is 353 g/mol. The summed E-state index contributed by atoms with van der Waals surface area (Å²) in [7, 11) is 1.82. The zero-order chi connectivity index (χ0) is 17.0. The number of carbonyl (C=O) groups excluding carboxylic acids is 1. The number of benzene rings is 1. The molecule has 1 amide bonds. The maximum absolute atomic E-state index is 12.8. The Balaban J connectivity index is 1.93. The van der Waals surface area contributed by atoms with E-state index in [-0.39, 0.29) is 11.8 Å². The minimum Gasteiger partial charge on any atom is -0.591 e. The summed E-state index contributed by atoms with van der Waals surface area (Å²) >= 11 is 4.84. The van der Waals surface area contributed by atoms with Crippen molar-refractivity contribution in [2.45, 2.75) is 43.9 Å². The van der Waals surface area contributed by atoms with E-state index in [1.54, 1.807) is 11.1 Å². The maximum Gasteiger partial charge on any atom is 0.233 e. The first kappa shape index (κ1) is 16.8. The van der Waals surface area contributed by atoms with Crippen LogP contribution in [-0.2, 0) is 28.1 Å². The van der Waals surface area contributed by atoms with Crippen LogP contribution in [-0.4, -0.2) is 33.4 Å². The molecule has 4 nitrogen and oxygen atoms in total. The van der Waals surface area contributed by atoms with Gasteiger partial charge in [-0.2, -0.15) is 0 Å². The number of hydrogen-bond donors (Lipinski definition) is 0. The lowest BCUT2D eigenvalue weighted by Gasteiger charge is -2.32. The van der Waals surface area contributed by atoms with Gasteiger partial charge in [-0.1, -0.05) is 22.1 Å². The van der Waals surface area contributed by atoms with Crippen molar-refractivity contribution in [3.05, 3.63) is 34.3 Å². The lowest BCUT2D eigenvalue weighted by molar-refractivity contribution is -0.134. The predicted molar refractivity (Wildman–Crippen MR) is 94.1 cm³/mol. The van der Waals surface area contributed by atoms with Crippen LogP contribution in [0, 0.1) is 5.92 Å². The molecule has 3 rings (SSSR count). The van der Waals surface area contributed by atoms with E-state index in [0.717, 1.165) is 11.1 Å². The van der Waals surface area contributed by atoms with Crippen LogP contribution >= 0.6 is 11.6 Å². The van der Waals surface area contributed by atoms with Gasteiger partial charge in [0.25, 0.3) is 0 Å². The number of amides is 1. The van der Waals surface area contributed by atoms with E-state index < -0.39 is 21.5 Å². The highest BCUT2D eigenvalue weighted by Gasteiger charge is 2.63. The lowest BCUT2D eigenvalue weighted by Crippen LogP contribution is -2.42. The molecule has 0 radical (unpaired) electrons. The smallest absolute Gasteiger partial charge is 0.233 e. The first-order valence-corrected chi connectivity index (χ1v) is 9.15. The molecule has 3 unspecified atom stereocenters. The summed E-state index contributed by atoms with van der Waals surface area (Å²) in [4.78, 5) is 14.5. The SMILES string of the molecule is CN1Cc2ccc(Cl)cc2C2(CC2/C=N/[S+]([O-])C(C)(C)C)C1=O. The Morgan fingerprint density at radius 2 is 2.17 bits per heavy atom. The van der Waals surface area contributed by atoms with E-state index in [2.05, 4.69) is 4.40 Å². The summed E-state index contributed by atoms with van der Waals surface area (Å²) in [5, 5.41) is 0.640. The summed E-state index contributed by atoms with van der Waals surface area (Å²) in [5.41, 5.74) is 1.56. The second-order valence-electron chi connectivity index (χ2n) is 7.36. The third-order valence-electron chi connectivity index (χ3n) is 4.56. The van der Waals surface area contributed by atoms with E-state index in [9.17, 15) is 9.35 Å². The zero-order valence-electron chi connectivity index (χ0n) is 13.8. The second kappa shape index (κ2) is 5.50. The number of fused-ring (bicyclic) bond motifs is 2. The summed E-state index contributed by atoms with van der Waals surface area (Å²) in [6.45, 7) is 6.26. The van der Waals surface area contributed by atoms with Crippen molar-refractivity contribution in [3.63, 3.8) is 0 Å². The number of likely N-dealkylation sites (N-methyl/N-ethyl adjacent to an activating group) is 1. The second-order valence-corrected chi connectivity index (χ2v) is 9.73. The summed E-state index contributed by atoms with van der Waals surface area (Å²) in [6, 6.07) is 5.75. The molecular formula is C17H21ClN2O2S. The maximum atomic E-state index is 12.8. The molecule has 1 aromatic carbocycles. The van der Waals surface area contributed by atoms with Crippen molar-refractivity contribution in [2.75, 3.05) is 7.05 Å². The highest BCUT2D eigenvalue weighted by Crippen LogP contribution is 2.57. The van der Waals surface area contributed by atoms with Gasteiger partial charge in [-0.15, -0.1) is 0 Å². The third kappa shape index (κ3) is 2.79. The average Bonchev–Trinajstić information content (AvgIpc) is 3.18. The van der Waals surface area contributed by atoms with Gasteiger partial charge in [-0.3, -0.25) is 4.79 Å². The molecule has 124 valence electrons. The lowest BCUT2D eigenvalue weighted by atomic mass is 9.84. The summed E-state index contributed by atoms with van der Waals surface area (Å²) in [6.07, 6.45) is 2.41. The van der Waals surface area contributed by atoms with Crippen molar-refractivity contribution < 1.29 is 9.35 Å². The van der Waals surface area contributed by atoms with E-state index >= 15 is 0 Å². The fourth-order valence-electron chi connectivity index (χ4n) is 3.20. The quantitative estimate of drug-likeness (QED) is 0.606. The van der Waals surface area contributed by atoms with Gasteiger partial charge in [0.1, 0.15) is 16.1 Å². The topological polar surface area (TPSA) is 55.7 Å². The van der Waals surface area contributed by atoms with Crippen molar-refractivity contribution in [1.82, 2.24) is 4.90 Å². The molecular weight excluding hydrogens is 332 g/mol. The normalized spacial score (nSPS) is 28.3. The summed E-state index contributed by atoms with van der Waals surface area (Å²) in [5.74, 6) is 0.0894. The van der Waals surface area contributed by atoms with Gasteiger partial charge in [-0.05, 0) is 50.5 Å². The number of rotatable bonds is 2. The van der Waals surface area contributed by atoms with Gasteiger partial charge in [0.15, 0.2) is 0 Å². The molecule has 1 aliphatic carbocycles. The Morgan fingerprint density at radius 1 is 1.48 bits per heavy atom. The minimum atomic E-state index is -1.30. The standard InChI is InChI=1S/C17H21ClN2O2S/c1-16(2,3)23(22)19-9-12-8-17(12)14-7-13(18)6-5-11(14)10-20(4)15(17)21/h5-7,9,12H,8,10H2,1-4H3/b19-9+. The molecule has 1 heterocycles. The molecule has 0 aromatic heterocycles. The van der Waals surface area contributed by atoms with Crippen LogP contribution in [0.15, 0.2) is 22.6 Å². The van der Waals surface area contributed by atoms with Gasteiger partial charge < -0.3 is 9.45 Å². The molecule has 0 saturated heterocycles. The Bertz CT molecular complexity index is 686. The van der Waals surface area contributed by atoms with E-state index in [4.69, 9.17) is 11.6 Å². The number of hydrogen-bond acceptors (Lipinski definition) is 3. The largest absolute Gasteiger partial charge is 0.591 e. The van der Waals surface area contributed by atoms with Crippen LogP contribution in [0.3, 0.4) is 0 Å². The molecule has 1 saturated carbocycles. The Kier molecular flexibility index (Phi) is 4.02. The number of halogens is 1. The van der Waals surface area contributed by atoms with Gasteiger partial charge in [0.2, 0.25) is 5.91 Å². The highest BCUT2D eigenvalue weighted by atomic mass is 35.5. The third-order valence-corrected chi connectivity index (χ3v) is 6.16. The van der Waals surface area contributed by atoms with Crippen LogP contribution in [0.5, 0.6) is 0 Å². The first-order valence-electron chi connectivity index (χ1n) is 7.67. The van der Waals surface area contributed by atoms with E-state index in [1.807, 2.05) is 46.0 Å². The Morgan fingerprint density at radius 3 is 2.83 bits per heavy atom. The van der Waals surface area contributed by atoms with E-state index in [0.29, 0.717) is 18.0 Å². The van der Waals surface area contributed by atoms with Crippen molar-refractivity contribution in [2.24, 2.45) is 10.3 Å². The fourth-order valence-corrected chi connectivity index (χ4v) is 3.94. The van der Waals surface area contributed by atoms with Crippen LogP contribution in [0.4, 0.5) is 0 Å². The van der Waals surface area contributed by atoms with Gasteiger partial charge >= 0.3 is 0 Å². The molecule has 3 atom stereocenters. The van der Waals surface area contributed by atoms with Crippen LogP contribution in [0.1, 0.15) is 38.3 Å². The first-order chi connectivity index (χ1) is 10.7. The van der Waals surface area contributed by atoms with Gasteiger partial charge in [0, 0.05) is 24.5 Å². The fraction of sp³-hybridized carbons (Fsp3) is 0.529. The van der Waals surface area contributed by atoms with Crippen molar-refractivity contribution in [3.8, 4) is 0 Å². The molecule has 23 heavy (non-hydrogen) atoms. The highest BCUT2D eigenvalue weighted by molar-refractivity contribution is 7.91. The van der Waals surface area contributed by atoms with E-state index in [1.165, 1.54) is 0 Å². The van der Waals surface area contributed by atoms with Crippen LogP contribution < -0.4 is 0 Å². The molecule has 1 aliphatic heterocycles. The van der Waals surface area contributed by atoms with Crippen molar-refractivity contribution >= 4 is 35.1 Å². The molecule has 2 aliphatic rings. The molecule has 1 fully saturated rings. The Hall–Kier alpha value is -1.04. The minimum absolute atomic E-state index is 0.0127. The molecule has 1 spiro atoms. The van der Waals surface area contributed by atoms with Gasteiger partial charge in [-0.25, -0.2) is 0 Å². The number of carbonyl (C=O) groups is 1. The zero-order valence-corrected chi connectivity index (χ0v) is 15.4. The van der Waals surface area contributed by atoms with Gasteiger partial charge in [0.05, 0.1) is 11.6 Å². The predicted octanol–water partition coefficient (Wildman–Crippen LogP) is 3.10. The van der Waals surface area contributed by atoms with Crippen LogP contribution in [0.25, 0.3) is 0 Å². The molecule has 6 heteroatoms.